The van der Waals surface area contributed by atoms with Gasteiger partial charge in [0.25, 0.3) is 0 Å². The quantitative estimate of drug-likeness (QED) is 0.379. The molecule has 1 fully saturated rings. The van der Waals surface area contributed by atoms with Crippen LogP contribution in [0.5, 0.6) is 0 Å². The first-order valence-electron chi connectivity index (χ1n) is 12.5. The minimum absolute atomic E-state index is 0.0119. The minimum atomic E-state index is -3.26. The van der Waals surface area contributed by atoms with Crippen molar-refractivity contribution >= 4 is 38.1 Å². The third-order valence-corrected chi connectivity index (χ3v) is 8.54. The molecule has 200 valence electrons. The number of hydrogen-bond donors (Lipinski definition) is 1. The van der Waals surface area contributed by atoms with Crippen LogP contribution < -0.4 is 10.2 Å². The van der Waals surface area contributed by atoms with Crippen molar-refractivity contribution in [2.45, 2.75) is 45.7 Å². The molecule has 5 rings (SSSR count). The van der Waals surface area contributed by atoms with Crippen LogP contribution in [0.2, 0.25) is 0 Å². The molecule has 1 aliphatic heterocycles. The Morgan fingerprint density at radius 2 is 1.89 bits per heavy atom. The largest absolute Gasteiger partial charge is 0.364 e. The summed E-state index contributed by atoms with van der Waals surface area (Å²) in [6.45, 7) is 8.80. The van der Waals surface area contributed by atoms with Crippen LogP contribution in [0.4, 0.5) is 17.3 Å². The van der Waals surface area contributed by atoms with E-state index in [1.165, 1.54) is 10.6 Å². The summed E-state index contributed by atoms with van der Waals surface area (Å²) in [5.74, 6) is 2.08. The molecule has 0 aliphatic carbocycles. The Labute approximate surface area is 223 Å². The normalized spacial score (nSPS) is 17.9. The fraction of sp³-hybridized carbons (Fsp3) is 0.423. The zero-order valence-electron chi connectivity index (χ0n) is 22.7. The van der Waals surface area contributed by atoms with Crippen LogP contribution in [-0.4, -0.2) is 74.4 Å². The van der Waals surface area contributed by atoms with Crippen LogP contribution in [0.1, 0.15) is 38.1 Å². The number of aromatic nitrogens is 6. The summed E-state index contributed by atoms with van der Waals surface area (Å²) in [4.78, 5) is 20.8. The molecule has 0 unspecified atom stereocenters. The van der Waals surface area contributed by atoms with E-state index in [9.17, 15) is 8.42 Å². The Bertz CT molecular complexity index is 1620. The van der Waals surface area contributed by atoms with Gasteiger partial charge in [-0.2, -0.15) is 9.40 Å². The molecule has 2 atom stereocenters. The highest BCUT2D eigenvalue weighted by Gasteiger charge is 2.42. The van der Waals surface area contributed by atoms with Crippen molar-refractivity contribution in [2.75, 3.05) is 30.1 Å². The van der Waals surface area contributed by atoms with Gasteiger partial charge in [-0.05, 0) is 31.9 Å². The van der Waals surface area contributed by atoms with Crippen LogP contribution >= 0.6 is 0 Å². The second kappa shape index (κ2) is 9.59. The Morgan fingerprint density at radius 3 is 2.53 bits per heavy atom. The number of nitrogens with zero attached hydrogens (tertiary/aromatic N) is 8. The number of anilines is 3. The van der Waals surface area contributed by atoms with Gasteiger partial charge in [0, 0.05) is 56.0 Å². The molecule has 4 aromatic heterocycles. The molecular formula is C26H33N9O2S. The van der Waals surface area contributed by atoms with E-state index in [2.05, 4.69) is 39.1 Å². The summed E-state index contributed by atoms with van der Waals surface area (Å²) in [5, 5.41) is 9.69. The summed E-state index contributed by atoms with van der Waals surface area (Å²) in [5.41, 5.74) is 3.66. The Balaban J connectivity index is 1.47. The molecule has 1 saturated heterocycles. The molecule has 4 aromatic rings. The van der Waals surface area contributed by atoms with Gasteiger partial charge >= 0.3 is 0 Å². The number of hydrogen-bond acceptors (Lipinski definition) is 9. The van der Waals surface area contributed by atoms with Crippen LogP contribution in [0.15, 0.2) is 36.9 Å². The summed E-state index contributed by atoms with van der Waals surface area (Å²) in [6, 6.07) is 3.73. The average molecular weight is 536 g/mol. The second-order valence-electron chi connectivity index (χ2n) is 10.2. The highest BCUT2D eigenvalue weighted by atomic mass is 32.2. The third-order valence-electron chi connectivity index (χ3n) is 7.23. The van der Waals surface area contributed by atoms with Gasteiger partial charge in [0.05, 0.1) is 41.1 Å². The lowest BCUT2D eigenvalue weighted by molar-refractivity contribution is 0.251. The highest BCUT2D eigenvalue weighted by Crippen LogP contribution is 2.37. The smallest absolute Gasteiger partial charge is 0.211 e. The Hall–Kier alpha value is -3.64. The van der Waals surface area contributed by atoms with Crippen molar-refractivity contribution in [2.24, 2.45) is 7.05 Å². The third kappa shape index (κ3) is 4.69. The second-order valence-corrected chi connectivity index (χ2v) is 12.3. The number of fused-ring (bicyclic) bond motifs is 1. The van der Waals surface area contributed by atoms with Gasteiger partial charge in [0.15, 0.2) is 5.82 Å². The Morgan fingerprint density at radius 1 is 1.13 bits per heavy atom. The first kappa shape index (κ1) is 26.0. The lowest BCUT2D eigenvalue weighted by Crippen LogP contribution is -2.65. The van der Waals surface area contributed by atoms with E-state index < -0.39 is 10.0 Å². The maximum Gasteiger partial charge on any atom is 0.211 e. The van der Waals surface area contributed by atoms with Gasteiger partial charge in [0.1, 0.15) is 11.6 Å². The van der Waals surface area contributed by atoms with Crippen LogP contribution in [-0.2, 0) is 17.1 Å². The molecule has 0 spiro atoms. The SMILES string of the molecule is Cc1nn(C)cc1-c1nccc(Nc2cc3c(C(C)C)ncc(N4C[C@H](N(C)S(C)(=O)=O)[C@H]4C)c3cn2)n1. The molecule has 1 aliphatic rings. The monoisotopic (exact) mass is 535 g/mol. The van der Waals surface area contributed by atoms with Gasteiger partial charge in [-0.3, -0.25) is 9.67 Å². The fourth-order valence-corrected chi connectivity index (χ4v) is 5.71. The molecule has 5 heterocycles. The number of rotatable bonds is 7. The van der Waals surface area contributed by atoms with E-state index in [0.29, 0.717) is 24.0 Å². The summed E-state index contributed by atoms with van der Waals surface area (Å²) < 4.78 is 27.3. The van der Waals surface area contributed by atoms with E-state index >= 15 is 0 Å². The van der Waals surface area contributed by atoms with Crippen LogP contribution in [0.3, 0.4) is 0 Å². The van der Waals surface area contributed by atoms with Crippen molar-refractivity contribution in [1.29, 1.82) is 0 Å². The topological polar surface area (TPSA) is 122 Å². The van der Waals surface area contributed by atoms with Gasteiger partial charge < -0.3 is 10.2 Å². The number of nitrogens with one attached hydrogen (secondary N) is 1. The van der Waals surface area contributed by atoms with E-state index in [0.717, 1.165) is 33.4 Å². The molecule has 1 N–H and O–H groups in total. The molecule has 0 bridgehead atoms. The van der Waals surface area contributed by atoms with Gasteiger partial charge in [-0.15, -0.1) is 0 Å². The maximum atomic E-state index is 12.1. The van der Waals surface area contributed by atoms with Gasteiger partial charge in [-0.25, -0.2) is 23.4 Å². The predicted octanol–water partition coefficient (Wildman–Crippen LogP) is 3.46. The van der Waals surface area contributed by atoms with Gasteiger partial charge in [0.2, 0.25) is 10.0 Å². The molecule has 0 aromatic carbocycles. The molecule has 11 nitrogen and oxygen atoms in total. The van der Waals surface area contributed by atoms with E-state index in [4.69, 9.17) is 9.97 Å². The molecular weight excluding hydrogens is 502 g/mol. The molecule has 38 heavy (non-hydrogen) atoms. The van der Waals surface area contributed by atoms with Crippen LogP contribution in [0, 0.1) is 6.92 Å². The van der Waals surface area contributed by atoms with Crippen molar-refractivity contribution in [1.82, 2.24) is 34.0 Å². The van der Waals surface area contributed by atoms with Crippen LogP contribution in [0.25, 0.3) is 22.2 Å². The number of likely N-dealkylation sites (N-methyl/N-ethyl adjacent to an activating group) is 1. The summed E-state index contributed by atoms with van der Waals surface area (Å²) in [7, 11) is 0.247. The first-order valence-corrected chi connectivity index (χ1v) is 14.4. The molecule has 0 radical (unpaired) electrons. The summed E-state index contributed by atoms with van der Waals surface area (Å²) in [6.07, 6.45) is 8.60. The molecule has 0 amide bonds. The fourth-order valence-electron chi connectivity index (χ4n) is 4.98. The van der Waals surface area contributed by atoms with E-state index in [-0.39, 0.29) is 18.0 Å². The van der Waals surface area contributed by atoms with Gasteiger partial charge in [-0.1, -0.05) is 13.8 Å². The minimum Gasteiger partial charge on any atom is -0.364 e. The number of sulfonamides is 1. The lowest BCUT2D eigenvalue weighted by atomic mass is 9.95. The number of aryl methyl sites for hydroxylation is 2. The molecule has 12 heteroatoms. The standard InChI is InChI=1S/C26H33N9O2S/c1-15(2)25-18-10-24(30-23-8-9-27-26(31-23)20-13-33(5)32-16(20)3)28-11-19(18)21(12-29-25)35-14-22(17(35)4)34(6)38(7,36)37/h8-13,15,17,22H,14H2,1-7H3,(H,27,28,30,31)/t17-,22+/m1/s1. The lowest BCUT2D eigenvalue weighted by Gasteiger charge is -2.50. The van der Waals surface area contributed by atoms with E-state index in [1.54, 1.807) is 24.0 Å². The maximum absolute atomic E-state index is 12.1. The Kier molecular flexibility index (Phi) is 6.56. The van der Waals surface area contributed by atoms with Crippen molar-refractivity contribution < 1.29 is 8.42 Å². The molecule has 0 saturated carbocycles. The van der Waals surface area contributed by atoms with Crippen molar-refractivity contribution in [3.05, 3.63) is 48.3 Å². The average Bonchev–Trinajstić information content (AvgIpc) is 3.20. The highest BCUT2D eigenvalue weighted by molar-refractivity contribution is 7.88. The predicted molar refractivity (Wildman–Crippen MR) is 149 cm³/mol. The van der Waals surface area contributed by atoms with Crippen molar-refractivity contribution in [3.63, 3.8) is 0 Å². The zero-order chi connectivity index (χ0) is 27.4. The zero-order valence-corrected chi connectivity index (χ0v) is 23.5. The van der Waals surface area contributed by atoms with E-state index in [1.807, 2.05) is 45.6 Å². The summed E-state index contributed by atoms with van der Waals surface area (Å²) >= 11 is 0. The first-order chi connectivity index (χ1) is 17.9. The van der Waals surface area contributed by atoms with Crippen molar-refractivity contribution in [3.8, 4) is 11.4 Å². The number of pyridine rings is 2.